The summed E-state index contributed by atoms with van der Waals surface area (Å²) >= 11 is 0. The maximum atomic E-state index is 13.0. The Morgan fingerprint density at radius 1 is 1.33 bits per heavy atom. The van der Waals surface area contributed by atoms with Crippen LogP contribution in [0.15, 0.2) is 29.2 Å². The topological polar surface area (TPSA) is 127 Å². The van der Waals surface area contributed by atoms with Gasteiger partial charge >= 0.3 is 0 Å². The average Bonchev–Trinajstić information content (AvgIpc) is 3.02. The number of primary sulfonamides is 1. The number of carbonyl (C=O) groups excluding carboxylic acids is 2. The molecule has 1 aromatic rings. The minimum absolute atomic E-state index is 0.0103. The van der Waals surface area contributed by atoms with Gasteiger partial charge in [0.15, 0.2) is 0 Å². The van der Waals surface area contributed by atoms with Crippen molar-refractivity contribution in [3.63, 3.8) is 0 Å². The summed E-state index contributed by atoms with van der Waals surface area (Å²) in [6.07, 6.45) is 1.92. The average molecular weight is 394 g/mol. The van der Waals surface area contributed by atoms with Crippen molar-refractivity contribution < 1.29 is 18.0 Å². The summed E-state index contributed by atoms with van der Waals surface area (Å²) in [5, 5.41) is 5.17. The fourth-order valence-electron chi connectivity index (χ4n) is 3.95. The second kappa shape index (κ2) is 7.57. The molecular formula is C18H26N4O4S. The van der Waals surface area contributed by atoms with Gasteiger partial charge in [0.1, 0.15) is 0 Å². The molecule has 4 N–H and O–H groups in total. The Morgan fingerprint density at radius 2 is 2.07 bits per heavy atom. The van der Waals surface area contributed by atoms with Crippen LogP contribution in [0.2, 0.25) is 0 Å². The van der Waals surface area contributed by atoms with Gasteiger partial charge in [-0.15, -0.1) is 0 Å². The molecule has 2 heterocycles. The molecule has 3 unspecified atom stereocenters. The predicted octanol–water partition coefficient (Wildman–Crippen LogP) is 0.273. The standard InChI is InChI=1S/C18H26N4O4S/c1-12-5-6-21(15(7-12)10-19)18(24)13-8-17(23)22(11-13)14-3-2-4-16(9-14)27(20,25)26/h2-4,9,12-13,15H,5-8,10-11,19H2,1H3,(H2,20,25,26). The highest BCUT2D eigenvalue weighted by molar-refractivity contribution is 7.89. The minimum Gasteiger partial charge on any atom is -0.338 e. The second-order valence-electron chi connectivity index (χ2n) is 7.50. The zero-order valence-electron chi connectivity index (χ0n) is 15.4. The summed E-state index contributed by atoms with van der Waals surface area (Å²) < 4.78 is 23.1. The van der Waals surface area contributed by atoms with E-state index in [-0.39, 0.29) is 35.7 Å². The molecule has 0 spiro atoms. The van der Waals surface area contributed by atoms with Crippen LogP contribution >= 0.6 is 0 Å². The van der Waals surface area contributed by atoms with Crippen LogP contribution in [0, 0.1) is 11.8 Å². The first-order valence-electron chi connectivity index (χ1n) is 9.14. The van der Waals surface area contributed by atoms with Gasteiger partial charge in [-0.3, -0.25) is 9.59 Å². The Hall–Kier alpha value is -1.97. The fourth-order valence-corrected chi connectivity index (χ4v) is 4.50. The molecule has 2 aliphatic heterocycles. The Morgan fingerprint density at radius 3 is 2.74 bits per heavy atom. The summed E-state index contributed by atoms with van der Waals surface area (Å²) in [6.45, 7) is 3.46. The molecule has 2 fully saturated rings. The Balaban J connectivity index is 1.76. The quantitative estimate of drug-likeness (QED) is 0.758. The highest BCUT2D eigenvalue weighted by atomic mass is 32.2. The van der Waals surface area contributed by atoms with Gasteiger partial charge in [0.2, 0.25) is 21.8 Å². The molecule has 27 heavy (non-hydrogen) atoms. The van der Waals surface area contributed by atoms with Crippen LogP contribution in [0.1, 0.15) is 26.2 Å². The molecule has 3 atom stereocenters. The van der Waals surface area contributed by atoms with E-state index in [1.165, 1.54) is 23.1 Å². The number of anilines is 1. The van der Waals surface area contributed by atoms with Crippen LogP contribution in [-0.2, 0) is 19.6 Å². The molecule has 0 saturated carbocycles. The van der Waals surface area contributed by atoms with E-state index < -0.39 is 15.9 Å². The first-order valence-corrected chi connectivity index (χ1v) is 10.7. The van der Waals surface area contributed by atoms with Gasteiger partial charge in [0, 0.05) is 37.8 Å². The molecule has 2 aliphatic rings. The van der Waals surface area contributed by atoms with Crippen molar-refractivity contribution in [2.24, 2.45) is 22.7 Å². The van der Waals surface area contributed by atoms with Gasteiger partial charge in [-0.2, -0.15) is 0 Å². The third-order valence-corrected chi connectivity index (χ3v) is 6.38. The maximum absolute atomic E-state index is 13.0. The molecule has 0 radical (unpaired) electrons. The van der Waals surface area contributed by atoms with E-state index >= 15 is 0 Å². The molecule has 9 heteroatoms. The van der Waals surface area contributed by atoms with E-state index in [9.17, 15) is 18.0 Å². The number of nitrogens with zero attached hydrogens (tertiary/aromatic N) is 2. The summed E-state index contributed by atoms with van der Waals surface area (Å²) in [7, 11) is -3.86. The smallest absolute Gasteiger partial charge is 0.238 e. The number of benzene rings is 1. The van der Waals surface area contributed by atoms with Crippen molar-refractivity contribution in [3.05, 3.63) is 24.3 Å². The number of rotatable bonds is 4. The number of likely N-dealkylation sites (tertiary alicyclic amines) is 1. The van der Waals surface area contributed by atoms with Crippen molar-refractivity contribution in [2.45, 2.75) is 37.1 Å². The first-order chi connectivity index (χ1) is 12.7. The van der Waals surface area contributed by atoms with Crippen LogP contribution in [0.5, 0.6) is 0 Å². The second-order valence-corrected chi connectivity index (χ2v) is 9.06. The minimum atomic E-state index is -3.86. The SMILES string of the molecule is CC1CCN(C(=O)C2CC(=O)N(c3cccc(S(N)(=O)=O)c3)C2)C(CN)C1. The largest absolute Gasteiger partial charge is 0.338 e. The van der Waals surface area contributed by atoms with Gasteiger partial charge < -0.3 is 15.5 Å². The van der Waals surface area contributed by atoms with E-state index in [0.29, 0.717) is 24.7 Å². The number of hydrogen-bond donors (Lipinski definition) is 2. The van der Waals surface area contributed by atoms with Gasteiger partial charge in [0.25, 0.3) is 0 Å². The lowest BCUT2D eigenvalue weighted by molar-refractivity contribution is -0.139. The molecular weight excluding hydrogens is 368 g/mol. The van der Waals surface area contributed by atoms with Gasteiger partial charge in [-0.25, -0.2) is 13.6 Å². The molecule has 3 rings (SSSR count). The third kappa shape index (κ3) is 4.15. The maximum Gasteiger partial charge on any atom is 0.238 e. The van der Waals surface area contributed by atoms with Crippen LogP contribution in [-0.4, -0.2) is 50.8 Å². The lowest BCUT2D eigenvalue weighted by Crippen LogP contribution is -2.51. The summed E-state index contributed by atoms with van der Waals surface area (Å²) in [4.78, 5) is 28.7. The number of amides is 2. The normalized spacial score (nSPS) is 26.5. The highest BCUT2D eigenvalue weighted by Crippen LogP contribution is 2.30. The number of nitrogens with two attached hydrogens (primary N) is 2. The Bertz CT molecular complexity index is 842. The van der Waals surface area contributed by atoms with E-state index in [1.54, 1.807) is 6.07 Å². The highest BCUT2D eigenvalue weighted by Gasteiger charge is 2.40. The van der Waals surface area contributed by atoms with Crippen LogP contribution < -0.4 is 15.8 Å². The van der Waals surface area contributed by atoms with Crippen molar-refractivity contribution >= 4 is 27.5 Å². The van der Waals surface area contributed by atoms with Crippen LogP contribution in [0.25, 0.3) is 0 Å². The van der Waals surface area contributed by atoms with E-state index in [4.69, 9.17) is 10.9 Å². The van der Waals surface area contributed by atoms with Crippen molar-refractivity contribution in [1.29, 1.82) is 0 Å². The number of hydrogen-bond acceptors (Lipinski definition) is 5. The predicted molar refractivity (Wildman–Crippen MR) is 101 cm³/mol. The van der Waals surface area contributed by atoms with Crippen LogP contribution in [0.4, 0.5) is 5.69 Å². The molecule has 0 aromatic heterocycles. The molecule has 0 aliphatic carbocycles. The molecule has 148 valence electrons. The lowest BCUT2D eigenvalue weighted by atomic mass is 9.91. The lowest BCUT2D eigenvalue weighted by Gasteiger charge is -2.39. The zero-order valence-corrected chi connectivity index (χ0v) is 16.2. The Kier molecular flexibility index (Phi) is 5.55. The summed E-state index contributed by atoms with van der Waals surface area (Å²) in [5.41, 5.74) is 6.29. The summed E-state index contributed by atoms with van der Waals surface area (Å²) in [6, 6.07) is 5.93. The van der Waals surface area contributed by atoms with E-state index in [2.05, 4.69) is 6.92 Å². The molecule has 0 bridgehead atoms. The van der Waals surface area contributed by atoms with Gasteiger partial charge in [-0.05, 0) is 37.0 Å². The third-order valence-electron chi connectivity index (χ3n) is 5.47. The zero-order chi connectivity index (χ0) is 19.8. The van der Waals surface area contributed by atoms with E-state index in [0.717, 1.165) is 12.8 Å². The monoisotopic (exact) mass is 394 g/mol. The summed E-state index contributed by atoms with van der Waals surface area (Å²) in [5.74, 6) is -0.159. The fraction of sp³-hybridized carbons (Fsp3) is 0.556. The first kappa shape index (κ1) is 19.8. The Labute approximate surface area is 159 Å². The molecule has 2 saturated heterocycles. The molecule has 8 nitrogen and oxygen atoms in total. The molecule has 1 aromatic carbocycles. The van der Waals surface area contributed by atoms with E-state index in [1.807, 2.05) is 4.90 Å². The van der Waals surface area contributed by atoms with Gasteiger partial charge in [0.05, 0.1) is 10.8 Å². The van der Waals surface area contributed by atoms with Crippen molar-refractivity contribution in [3.8, 4) is 0 Å². The molecule has 2 amide bonds. The number of piperidine rings is 1. The number of sulfonamides is 1. The van der Waals surface area contributed by atoms with Gasteiger partial charge in [-0.1, -0.05) is 13.0 Å². The van der Waals surface area contributed by atoms with Crippen molar-refractivity contribution in [1.82, 2.24) is 4.90 Å². The van der Waals surface area contributed by atoms with Crippen LogP contribution in [0.3, 0.4) is 0 Å². The number of carbonyl (C=O) groups is 2. The van der Waals surface area contributed by atoms with Crippen molar-refractivity contribution in [2.75, 3.05) is 24.5 Å².